The fourth-order valence-corrected chi connectivity index (χ4v) is 2.86. The Morgan fingerprint density at radius 3 is 2.64 bits per heavy atom. The number of rotatable bonds is 4. The number of hydrogen-bond acceptors (Lipinski definition) is 3. The summed E-state index contributed by atoms with van der Waals surface area (Å²) in [5.74, 6) is -0.723. The number of para-hydroxylation sites is 1. The third kappa shape index (κ3) is 2.97. The average Bonchev–Trinajstić information content (AvgIpc) is 2.53. The lowest BCUT2D eigenvalue weighted by atomic mass is 9.93. The van der Waals surface area contributed by atoms with Crippen molar-refractivity contribution in [2.45, 2.75) is 31.5 Å². The van der Waals surface area contributed by atoms with E-state index in [1.807, 2.05) is 18.2 Å². The molecule has 1 aliphatic rings. The van der Waals surface area contributed by atoms with Gasteiger partial charge in [-0.1, -0.05) is 42.5 Å². The Balaban J connectivity index is 1.77. The molecule has 2 aromatic rings. The molecule has 2 atom stereocenters. The minimum Gasteiger partial charge on any atom is -0.489 e. The molecule has 0 amide bonds. The number of carboxylic acid groups (broad SMARTS) is 1. The van der Waals surface area contributed by atoms with Gasteiger partial charge in [0.05, 0.1) is 6.10 Å². The van der Waals surface area contributed by atoms with Crippen LogP contribution in [0.15, 0.2) is 48.5 Å². The SMILES string of the molecule is O=C(O)c1cccc2c1OC(CCc1ccccc1)CC2O. The highest BCUT2D eigenvalue weighted by Gasteiger charge is 2.30. The van der Waals surface area contributed by atoms with Gasteiger partial charge in [-0.15, -0.1) is 0 Å². The largest absolute Gasteiger partial charge is 0.489 e. The second-order valence-electron chi connectivity index (χ2n) is 5.54. The van der Waals surface area contributed by atoms with Crippen molar-refractivity contribution in [1.82, 2.24) is 0 Å². The Morgan fingerprint density at radius 1 is 1.14 bits per heavy atom. The van der Waals surface area contributed by atoms with Crippen molar-refractivity contribution in [3.63, 3.8) is 0 Å². The molecule has 0 fully saturated rings. The van der Waals surface area contributed by atoms with Crippen molar-refractivity contribution in [2.75, 3.05) is 0 Å². The van der Waals surface area contributed by atoms with Crippen LogP contribution in [0.4, 0.5) is 0 Å². The maximum Gasteiger partial charge on any atom is 0.339 e. The smallest absolute Gasteiger partial charge is 0.339 e. The predicted octanol–water partition coefficient (Wildman–Crippen LogP) is 3.20. The highest BCUT2D eigenvalue weighted by atomic mass is 16.5. The Hall–Kier alpha value is -2.33. The molecule has 22 heavy (non-hydrogen) atoms. The normalized spacial score (nSPS) is 20.0. The van der Waals surface area contributed by atoms with Gasteiger partial charge in [-0.25, -0.2) is 4.79 Å². The van der Waals surface area contributed by atoms with Crippen LogP contribution < -0.4 is 4.74 Å². The van der Waals surface area contributed by atoms with Crippen LogP contribution in [0.5, 0.6) is 5.75 Å². The van der Waals surface area contributed by atoms with Crippen LogP contribution in [0.3, 0.4) is 0 Å². The quantitative estimate of drug-likeness (QED) is 0.909. The molecular formula is C18H18O4. The number of hydrogen-bond donors (Lipinski definition) is 2. The van der Waals surface area contributed by atoms with Gasteiger partial charge in [0.1, 0.15) is 17.4 Å². The van der Waals surface area contributed by atoms with Crippen molar-refractivity contribution >= 4 is 5.97 Å². The summed E-state index contributed by atoms with van der Waals surface area (Å²) < 4.78 is 5.88. The summed E-state index contributed by atoms with van der Waals surface area (Å²) in [5, 5.41) is 19.5. The third-order valence-corrected chi connectivity index (χ3v) is 4.00. The second kappa shape index (κ2) is 6.20. The molecule has 3 rings (SSSR count). The fourth-order valence-electron chi connectivity index (χ4n) is 2.86. The van der Waals surface area contributed by atoms with E-state index in [9.17, 15) is 15.0 Å². The first-order chi connectivity index (χ1) is 10.6. The number of carbonyl (C=O) groups is 1. The molecular weight excluding hydrogens is 280 g/mol. The van der Waals surface area contributed by atoms with E-state index >= 15 is 0 Å². The lowest BCUT2D eigenvalue weighted by Gasteiger charge is -2.30. The fraction of sp³-hybridized carbons (Fsp3) is 0.278. The number of ether oxygens (including phenoxy) is 1. The van der Waals surface area contributed by atoms with Gasteiger partial charge in [0.15, 0.2) is 0 Å². The molecule has 0 saturated heterocycles. The number of aromatic carboxylic acids is 1. The molecule has 0 saturated carbocycles. The average molecular weight is 298 g/mol. The molecule has 2 unspecified atom stereocenters. The highest BCUT2D eigenvalue weighted by molar-refractivity contribution is 5.91. The van der Waals surface area contributed by atoms with Crippen molar-refractivity contribution in [2.24, 2.45) is 0 Å². The second-order valence-corrected chi connectivity index (χ2v) is 5.54. The predicted molar refractivity (Wildman–Crippen MR) is 82.2 cm³/mol. The maximum atomic E-state index is 11.3. The summed E-state index contributed by atoms with van der Waals surface area (Å²) in [4.78, 5) is 11.3. The molecule has 0 aliphatic carbocycles. The van der Waals surface area contributed by atoms with Gasteiger partial charge in [0.2, 0.25) is 0 Å². The van der Waals surface area contributed by atoms with Crippen LogP contribution in [0.1, 0.15) is 40.4 Å². The number of aryl methyl sites for hydroxylation is 1. The van der Waals surface area contributed by atoms with Crippen molar-refractivity contribution in [3.8, 4) is 5.75 Å². The molecule has 1 heterocycles. The molecule has 0 bridgehead atoms. The van der Waals surface area contributed by atoms with E-state index < -0.39 is 12.1 Å². The summed E-state index contributed by atoms with van der Waals surface area (Å²) >= 11 is 0. The van der Waals surface area contributed by atoms with E-state index in [0.29, 0.717) is 17.7 Å². The number of carboxylic acids is 1. The first-order valence-electron chi connectivity index (χ1n) is 7.40. The standard InChI is InChI=1S/C18H18O4/c19-16-11-13(10-9-12-5-2-1-3-6-12)22-17-14(16)7-4-8-15(17)18(20)21/h1-8,13,16,19H,9-11H2,(H,20,21). The molecule has 0 radical (unpaired) electrons. The number of fused-ring (bicyclic) bond motifs is 1. The Bertz CT molecular complexity index is 666. The van der Waals surface area contributed by atoms with Crippen LogP contribution in [-0.2, 0) is 6.42 Å². The van der Waals surface area contributed by atoms with Gasteiger partial charge in [0.25, 0.3) is 0 Å². The van der Waals surface area contributed by atoms with Crippen molar-refractivity contribution in [3.05, 3.63) is 65.2 Å². The van der Waals surface area contributed by atoms with Crippen LogP contribution in [0.2, 0.25) is 0 Å². The monoisotopic (exact) mass is 298 g/mol. The molecule has 4 nitrogen and oxygen atoms in total. The zero-order chi connectivity index (χ0) is 15.5. The van der Waals surface area contributed by atoms with E-state index in [4.69, 9.17) is 4.74 Å². The lowest BCUT2D eigenvalue weighted by Crippen LogP contribution is -2.27. The summed E-state index contributed by atoms with van der Waals surface area (Å²) in [7, 11) is 0. The van der Waals surface area contributed by atoms with Crippen molar-refractivity contribution < 1.29 is 19.7 Å². The van der Waals surface area contributed by atoms with Gasteiger partial charge in [-0.2, -0.15) is 0 Å². The number of aliphatic hydroxyl groups excluding tert-OH is 1. The zero-order valence-electron chi connectivity index (χ0n) is 12.1. The van der Waals surface area contributed by atoms with E-state index in [1.54, 1.807) is 12.1 Å². The third-order valence-electron chi connectivity index (χ3n) is 4.00. The van der Waals surface area contributed by atoms with Gasteiger partial charge < -0.3 is 14.9 Å². The van der Waals surface area contributed by atoms with Crippen LogP contribution in [0.25, 0.3) is 0 Å². The maximum absolute atomic E-state index is 11.3. The topological polar surface area (TPSA) is 66.8 Å². The Morgan fingerprint density at radius 2 is 1.91 bits per heavy atom. The van der Waals surface area contributed by atoms with Gasteiger partial charge in [-0.3, -0.25) is 0 Å². The lowest BCUT2D eigenvalue weighted by molar-refractivity contribution is 0.0566. The highest BCUT2D eigenvalue weighted by Crippen LogP contribution is 2.38. The zero-order valence-corrected chi connectivity index (χ0v) is 12.1. The molecule has 4 heteroatoms. The summed E-state index contributed by atoms with van der Waals surface area (Å²) in [6, 6.07) is 14.9. The van der Waals surface area contributed by atoms with Gasteiger partial charge in [-0.05, 0) is 24.5 Å². The molecule has 0 spiro atoms. The van der Waals surface area contributed by atoms with Crippen LogP contribution in [0, 0.1) is 0 Å². The molecule has 114 valence electrons. The summed E-state index contributed by atoms with van der Waals surface area (Å²) in [6.07, 6.45) is 1.22. The Labute approximate surface area is 129 Å². The first kappa shape index (κ1) is 14.6. The number of benzene rings is 2. The minimum absolute atomic E-state index is 0.112. The summed E-state index contributed by atoms with van der Waals surface area (Å²) in [6.45, 7) is 0. The first-order valence-corrected chi connectivity index (χ1v) is 7.40. The van der Waals surface area contributed by atoms with Gasteiger partial charge >= 0.3 is 5.97 Å². The van der Waals surface area contributed by atoms with E-state index in [1.165, 1.54) is 11.6 Å². The summed E-state index contributed by atoms with van der Waals surface area (Å²) in [5.41, 5.74) is 1.88. The van der Waals surface area contributed by atoms with Gasteiger partial charge in [0, 0.05) is 12.0 Å². The number of aliphatic hydroxyl groups is 1. The molecule has 2 N–H and O–H groups in total. The minimum atomic E-state index is -1.03. The Kier molecular flexibility index (Phi) is 4.11. The van der Waals surface area contributed by atoms with E-state index in [2.05, 4.69) is 12.1 Å². The van der Waals surface area contributed by atoms with Crippen molar-refractivity contribution in [1.29, 1.82) is 0 Å². The molecule has 2 aromatic carbocycles. The van der Waals surface area contributed by atoms with E-state index in [0.717, 1.165) is 12.8 Å². The van der Waals surface area contributed by atoms with E-state index in [-0.39, 0.29) is 11.7 Å². The molecule has 0 aromatic heterocycles. The van der Waals surface area contributed by atoms with Crippen LogP contribution >= 0.6 is 0 Å². The van der Waals surface area contributed by atoms with Crippen LogP contribution in [-0.4, -0.2) is 22.3 Å². The molecule has 1 aliphatic heterocycles.